The average Bonchev–Trinajstić information content (AvgIpc) is 3.17. The minimum Gasteiger partial charge on any atom is -0.300 e. The van der Waals surface area contributed by atoms with E-state index in [4.69, 9.17) is 12.2 Å². The quantitative estimate of drug-likeness (QED) is 0.879. The molecule has 1 N–H and O–H groups in total. The molecule has 0 saturated heterocycles. The minimum absolute atomic E-state index is 0.736. The summed E-state index contributed by atoms with van der Waals surface area (Å²) in [5.41, 5.74) is 1.08. The zero-order valence-electron chi connectivity index (χ0n) is 11.3. The van der Waals surface area contributed by atoms with Crippen LogP contribution in [0.4, 0.5) is 0 Å². The Hall–Kier alpha value is -1.49. The summed E-state index contributed by atoms with van der Waals surface area (Å²) in [6.07, 6.45) is 9.25. The van der Waals surface area contributed by atoms with E-state index in [9.17, 15) is 0 Å². The van der Waals surface area contributed by atoms with Gasteiger partial charge in [-0.05, 0) is 61.4 Å². The molecule has 0 aliphatic heterocycles. The topological polar surface area (TPSA) is 46.5 Å². The van der Waals surface area contributed by atoms with E-state index >= 15 is 0 Å². The van der Waals surface area contributed by atoms with Crippen molar-refractivity contribution in [1.29, 1.82) is 0 Å². The molecule has 104 valence electrons. The number of hydrogen-bond donors (Lipinski definition) is 1. The summed E-state index contributed by atoms with van der Waals surface area (Å²) in [4.78, 5) is 4.07. The van der Waals surface area contributed by atoms with Gasteiger partial charge in [-0.25, -0.2) is 0 Å². The van der Waals surface area contributed by atoms with E-state index in [-0.39, 0.29) is 0 Å². The lowest BCUT2D eigenvalue weighted by molar-refractivity contribution is 0.295. The standard InChI is InChI=1S/C15H18N4S/c20-15-18-17-14(11-3-5-16-6-4-11)19(15)9-13-8-10-1-2-12(13)7-10/h3-6,10,12-13H,1-2,7-9H2,(H,18,20). The Kier molecular flexibility index (Phi) is 2.95. The van der Waals surface area contributed by atoms with E-state index in [0.717, 1.165) is 40.5 Å². The van der Waals surface area contributed by atoms with Crippen molar-refractivity contribution in [2.45, 2.75) is 32.2 Å². The lowest BCUT2D eigenvalue weighted by Gasteiger charge is -2.22. The normalized spacial score (nSPS) is 28.1. The molecule has 2 saturated carbocycles. The maximum Gasteiger partial charge on any atom is 0.195 e. The Morgan fingerprint density at radius 3 is 2.80 bits per heavy atom. The Morgan fingerprint density at radius 1 is 1.25 bits per heavy atom. The van der Waals surface area contributed by atoms with Crippen molar-refractivity contribution in [1.82, 2.24) is 19.7 Å². The molecule has 4 rings (SSSR count). The zero-order chi connectivity index (χ0) is 13.5. The summed E-state index contributed by atoms with van der Waals surface area (Å²) in [5.74, 6) is 3.59. The molecular formula is C15H18N4S. The van der Waals surface area contributed by atoms with E-state index in [2.05, 4.69) is 19.7 Å². The molecule has 4 nitrogen and oxygen atoms in total. The first-order valence-corrected chi connectivity index (χ1v) is 7.77. The second-order valence-electron chi connectivity index (χ2n) is 6.13. The van der Waals surface area contributed by atoms with Crippen LogP contribution in [0.25, 0.3) is 11.4 Å². The van der Waals surface area contributed by atoms with E-state index < -0.39 is 0 Å². The molecule has 5 heteroatoms. The zero-order valence-corrected chi connectivity index (χ0v) is 12.1. The summed E-state index contributed by atoms with van der Waals surface area (Å²) in [6.45, 7) is 1.01. The highest BCUT2D eigenvalue weighted by atomic mass is 32.1. The first-order chi connectivity index (χ1) is 9.81. The van der Waals surface area contributed by atoms with Crippen molar-refractivity contribution in [3.63, 3.8) is 0 Å². The van der Waals surface area contributed by atoms with Gasteiger partial charge >= 0.3 is 0 Å². The summed E-state index contributed by atoms with van der Waals surface area (Å²) in [5, 5.41) is 7.36. The molecule has 2 heterocycles. The molecule has 3 atom stereocenters. The van der Waals surface area contributed by atoms with Gasteiger partial charge in [0.05, 0.1) is 0 Å². The van der Waals surface area contributed by atoms with E-state index in [1.54, 1.807) is 12.4 Å². The highest BCUT2D eigenvalue weighted by Gasteiger charge is 2.39. The number of aromatic nitrogens is 4. The Bertz CT molecular complexity index is 660. The molecule has 2 aliphatic carbocycles. The Morgan fingerprint density at radius 2 is 2.10 bits per heavy atom. The van der Waals surface area contributed by atoms with Crippen LogP contribution in [0.2, 0.25) is 0 Å². The van der Waals surface area contributed by atoms with Crippen LogP contribution in [0.15, 0.2) is 24.5 Å². The van der Waals surface area contributed by atoms with Gasteiger partial charge in [0.1, 0.15) is 0 Å². The number of aromatic amines is 1. The van der Waals surface area contributed by atoms with Gasteiger partial charge in [-0.2, -0.15) is 5.10 Å². The number of H-pyrrole nitrogens is 1. The molecule has 2 aromatic rings. The molecule has 2 bridgehead atoms. The van der Waals surface area contributed by atoms with Crippen LogP contribution in [0.5, 0.6) is 0 Å². The number of nitrogens with zero attached hydrogens (tertiary/aromatic N) is 3. The summed E-state index contributed by atoms with van der Waals surface area (Å²) in [6, 6.07) is 3.98. The number of fused-ring (bicyclic) bond motifs is 2. The molecule has 0 radical (unpaired) electrons. The van der Waals surface area contributed by atoms with Gasteiger partial charge in [0.2, 0.25) is 0 Å². The van der Waals surface area contributed by atoms with Crippen LogP contribution in [0.1, 0.15) is 25.7 Å². The van der Waals surface area contributed by atoms with Crippen LogP contribution in [0.3, 0.4) is 0 Å². The van der Waals surface area contributed by atoms with Gasteiger partial charge in [-0.1, -0.05) is 6.42 Å². The third-order valence-electron chi connectivity index (χ3n) is 5.00. The molecule has 20 heavy (non-hydrogen) atoms. The largest absolute Gasteiger partial charge is 0.300 e. The monoisotopic (exact) mass is 286 g/mol. The van der Waals surface area contributed by atoms with Gasteiger partial charge < -0.3 is 0 Å². The van der Waals surface area contributed by atoms with Crippen molar-refractivity contribution in [2.24, 2.45) is 17.8 Å². The molecular weight excluding hydrogens is 268 g/mol. The summed E-state index contributed by atoms with van der Waals surface area (Å²) in [7, 11) is 0. The SMILES string of the molecule is S=c1[nH]nc(-c2ccncc2)n1CC1CC2CCC1C2. The number of rotatable bonds is 3. The van der Waals surface area contributed by atoms with Crippen molar-refractivity contribution >= 4 is 12.2 Å². The molecule has 2 aromatic heterocycles. The second-order valence-corrected chi connectivity index (χ2v) is 6.52. The maximum atomic E-state index is 5.42. The molecule has 0 amide bonds. The number of hydrogen-bond acceptors (Lipinski definition) is 3. The van der Waals surface area contributed by atoms with Gasteiger partial charge in [0, 0.05) is 24.5 Å². The maximum absolute atomic E-state index is 5.42. The van der Waals surface area contributed by atoms with Gasteiger partial charge in [0.25, 0.3) is 0 Å². The summed E-state index contributed by atoms with van der Waals surface area (Å²) < 4.78 is 2.91. The average molecular weight is 286 g/mol. The highest BCUT2D eigenvalue weighted by molar-refractivity contribution is 7.71. The van der Waals surface area contributed by atoms with E-state index in [1.165, 1.54) is 25.7 Å². The third kappa shape index (κ3) is 2.00. The van der Waals surface area contributed by atoms with Crippen molar-refractivity contribution in [3.8, 4) is 11.4 Å². The smallest absolute Gasteiger partial charge is 0.195 e. The molecule has 0 aromatic carbocycles. The predicted octanol–water partition coefficient (Wildman–Crippen LogP) is 3.44. The lowest BCUT2D eigenvalue weighted by atomic mass is 9.89. The van der Waals surface area contributed by atoms with Crippen molar-refractivity contribution in [2.75, 3.05) is 0 Å². The number of pyridine rings is 1. The third-order valence-corrected chi connectivity index (χ3v) is 5.31. The highest BCUT2D eigenvalue weighted by Crippen LogP contribution is 2.49. The summed E-state index contributed by atoms with van der Waals surface area (Å²) >= 11 is 5.42. The van der Waals surface area contributed by atoms with Crippen LogP contribution >= 0.6 is 12.2 Å². The fourth-order valence-corrected chi connectivity index (χ4v) is 4.25. The Balaban J connectivity index is 1.65. The number of nitrogens with one attached hydrogen (secondary N) is 1. The van der Waals surface area contributed by atoms with Crippen LogP contribution in [-0.2, 0) is 6.54 Å². The van der Waals surface area contributed by atoms with Crippen molar-refractivity contribution in [3.05, 3.63) is 29.3 Å². The second kappa shape index (κ2) is 4.81. The first-order valence-electron chi connectivity index (χ1n) is 7.37. The first kappa shape index (κ1) is 12.3. The van der Waals surface area contributed by atoms with Gasteiger partial charge in [-0.15, -0.1) is 0 Å². The van der Waals surface area contributed by atoms with Crippen LogP contribution < -0.4 is 0 Å². The van der Waals surface area contributed by atoms with E-state index in [0.29, 0.717) is 0 Å². The lowest BCUT2D eigenvalue weighted by Crippen LogP contribution is -2.18. The van der Waals surface area contributed by atoms with E-state index in [1.807, 2.05) is 12.1 Å². The Labute approximate surface area is 123 Å². The van der Waals surface area contributed by atoms with Gasteiger partial charge in [-0.3, -0.25) is 14.6 Å². The predicted molar refractivity (Wildman–Crippen MR) is 79.6 cm³/mol. The van der Waals surface area contributed by atoms with Crippen LogP contribution in [-0.4, -0.2) is 19.7 Å². The fourth-order valence-electron chi connectivity index (χ4n) is 4.04. The van der Waals surface area contributed by atoms with Gasteiger partial charge in [0.15, 0.2) is 10.6 Å². The minimum atomic E-state index is 0.736. The molecule has 3 unspecified atom stereocenters. The molecule has 2 fully saturated rings. The fraction of sp³-hybridized carbons (Fsp3) is 0.533. The molecule has 0 spiro atoms. The van der Waals surface area contributed by atoms with Crippen LogP contribution in [0, 0.1) is 22.5 Å². The molecule has 2 aliphatic rings. The van der Waals surface area contributed by atoms with Crippen molar-refractivity contribution < 1.29 is 0 Å².